The number of benzene rings is 1. The number of aliphatic hydroxyl groups is 1. The number of ether oxygens (including phenoxy) is 2. The molecule has 1 rings (SSSR count). The van der Waals surface area contributed by atoms with Crippen LogP contribution in [-0.2, 0) is 11.3 Å². The summed E-state index contributed by atoms with van der Waals surface area (Å²) in [7, 11) is 0. The van der Waals surface area contributed by atoms with Crippen LogP contribution in [0.2, 0.25) is 0 Å². The Morgan fingerprint density at radius 3 is 1.79 bits per heavy atom. The topological polar surface area (TPSA) is 38.7 Å². The number of rotatable bonds is 17. The summed E-state index contributed by atoms with van der Waals surface area (Å²) in [5, 5.41) is 9.03. The SMILES string of the molecule is C[C@H](CO)C/C=C/[C@H](C)[C@@H](C)OCc1ccc(OCCCC(F)(F)C(F)(F)C(F)(F)C(F)(F)C(F)(F)C(F)(F)F)cc1. The molecular formula is C26H31F13O3. The highest BCUT2D eigenvalue weighted by atomic mass is 19.4. The number of hydrogen-bond acceptors (Lipinski definition) is 3. The molecule has 0 spiro atoms. The lowest BCUT2D eigenvalue weighted by molar-refractivity contribution is -0.440. The van der Waals surface area contributed by atoms with E-state index in [1.807, 2.05) is 32.9 Å². The van der Waals surface area contributed by atoms with Crippen molar-refractivity contribution in [2.24, 2.45) is 11.8 Å². The molecule has 0 aliphatic rings. The van der Waals surface area contributed by atoms with Gasteiger partial charge in [0.25, 0.3) is 0 Å². The summed E-state index contributed by atoms with van der Waals surface area (Å²) in [5.41, 5.74) is 0.643. The van der Waals surface area contributed by atoms with Crippen molar-refractivity contribution in [2.75, 3.05) is 13.2 Å². The van der Waals surface area contributed by atoms with Crippen molar-refractivity contribution in [3.63, 3.8) is 0 Å². The quantitative estimate of drug-likeness (QED) is 0.105. The molecule has 0 aliphatic heterocycles. The van der Waals surface area contributed by atoms with E-state index in [0.29, 0.717) is 12.0 Å². The van der Waals surface area contributed by atoms with Crippen LogP contribution in [0.25, 0.3) is 0 Å². The molecule has 0 bridgehead atoms. The fourth-order valence-corrected chi connectivity index (χ4v) is 3.26. The second-order valence-electron chi connectivity index (χ2n) is 9.92. The second-order valence-corrected chi connectivity index (χ2v) is 9.92. The van der Waals surface area contributed by atoms with E-state index < -0.39 is 55.2 Å². The second kappa shape index (κ2) is 14.0. The van der Waals surface area contributed by atoms with Crippen LogP contribution < -0.4 is 4.74 Å². The van der Waals surface area contributed by atoms with Crippen LogP contribution in [0, 0.1) is 11.8 Å². The molecule has 0 fully saturated rings. The van der Waals surface area contributed by atoms with Crippen LogP contribution in [0.15, 0.2) is 36.4 Å². The number of aliphatic hydroxyl groups excluding tert-OH is 1. The molecule has 0 unspecified atom stereocenters. The molecule has 0 radical (unpaired) electrons. The van der Waals surface area contributed by atoms with Crippen molar-refractivity contribution in [3.8, 4) is 5.75 Å². The zero-order valence-corrected chi connectivity index (χ0v) is 22.6. The Hall–Kier alpha value is -2.23. The highest BCUT2D eigenvalue weighted by Gasteiger charge is 2.90. The largest absolute Gasteiger partial charge is 0.494 e. The monoisotopic (exact) mass is 638 g/mol. The minimum Gasteiger partial charge on any atom is -0.494 e. The standard InChI is InChI=1S/C26H31F13O3/c1-16(14-40)6-4-7-17(2)18(3)42-15-19-8-10-20(11-9-19)41-13-5-12-21(27,28)22(29,30)23(31,32)24(33,34)25(35,36)26(37,38)39/h4,7-11,16-18,40H,5-6,12-15H2,1-3H3/b7-4+/t16-,17-,18+/m0/s1. The smallest absolute Gasteiger partial charge is 0.460 e. The van der Waals surface area contributed by atoms with Gasteiger partial charge >= 0.3 is 35.8 Å². The van der Waals surface area contributed by atoms with Crippen LogP contribution in [0.3, 0.4) is 0 Å². The number of hydrogen-bond donors (Lipinski definition) is 1. The lowest BCUT2D eigenvalue weighted by atomic mass is 9.92. The Kier molecular flexibility index (Phi) is 12.6. The molecule has 3 atom stereocenters. The average Bonchev–Trinajstić information content (AvgIpc) is 2.88. The summed E-state index contributed by atoms with van der Waals surface area (Å²) in [5.74, 6) is -36.7. The third-order valence-corrected chi connectivity index (χ3v) is 6.37. The number of alkyl halides is 13. The van der Waals surface area contributed by atoms with Gasteiger partial charge in [0.15, 0.2) is 0 Å². The molecule has 0 aromatic heterocycles. The predicted molar refractivity (Wildman–Crippen MR) is 125 cm³/mol. The zero-order chi connectivity index (χ0) is 32.8. The zero-order valence-electron chi connectivity index (χ0n) is 22.6. The molecule has 244 valence electrons. The highest BCUT2D eigenvalue weighted by Crippen LogP contribution is 2.60. The maximum Gasteiger partial charge on any atom is 0.460 e. The molecule has 16 heteroatoms. The van der Waals surface area contributed by atoms with E-state index in [9.17, 15) is 57.1 Å². The molecule has 1 aromatic carbocycles. The molecule has 0 heterocycles. The molecule has 0 saturated carbocycles. The predicted octanol–water partition coefficient (Wildman–Crippen LogP) is 8.70. The van der Waals surface area contributed by atoms with Crippen LogP contribution in [0.1, 0.15) is 45.6 Å². The first-order valence-corrected chi connectivity index (χ1v) is 12.5. The molecule has 1 N–H and O–H groups in total. The number of halogens is 13. The van der Waals surface area contributed by atoms with E-state index in [1.165, 1.54) is 24.3 Å². The lowest BCUT2D eigenvalue weighted by Gasteiger charge is -2.39. The molecular weight excluding hydrogens is 607 g/mol. The maximum atomic E-state index is 13.8. The normalized spacial score (nSPS) is 16.5. The van der Waals surface area contributed by atoms with Crippen molar-refractivity contribution in [1.82, 2.24) is 0 Å². The van der Waals surface area contributed by atoms with Crippen LogP contribution in [0.4, 0.5) is 57.1 Å². The Balaban J connectivity index is 2.70. The van der Waals surface area contributed by atoms with Crippen molar-refractivity contribution in [2.45, 2.75) is 88.5 Å². The van der Waals surface area contributed by atoms with Crippen LogP contribution in [-0.4, -0.2) is 60.2 Å². The molecule has 42 heavy (non-hydrogen) atoms. The molecule has 0 saturated heterocycles. The fraction of sp³-hybridized carbons (Fsp3) is 0.692. The van der Waals surface area contributed by atoms with E-state index in [1.54, 1.807) is 0 Å². The van der Waals surface area contributed by atoms with Gasteiger partial charge in [-0.15, -0.1) is 0 Å². The van der Waals surface area contributed by atoms with Gasteiger partial charge in [-0.05, 0) is 49.3 Å². The molecule has 1 aromatic rings. The van der Waals surface area contributed by atoms with Gasteiger partial charge in [-0.1, -0.05) is 38.1 Å². The van der Waals surface area contributed by atoms with E-state index in [0.717, 1.165) is 0 Å². The van der Waals surface area contributed by atoms with E-state index in [4.69, 9.17) is 14.6 Å². The van der Waals surface area contributed by atoms with Crippen molar-refractivity contribution in [1.29, 1.82) is 0 Å². The van der Waals surface area contributed by atoms with Gasteiger partial charge < -0.3 is 14.6 Å². The van der Waals surface area contributed by atoms with Gasteiger partial charge in [0.1, 0.15) is 5.75 Å². The van der Waals surface area contributed by atoms with E-state index in [-0.39, 0.29) is 36.9 Å². The van der Waals surface area contributed by atoms with Gasteiger partial charge in [-0.25, -0.2) is 0 Å². The average molecular weight is 639 g/mol. The van der Waals surface area contributed by atoms with Gasteiger partial charge in [0.05, 0.1) is 19.3 Å². The maximum absolute atomic E-state index is 13.8. The van der Waals surface area contributed by atoms with E-state index in [2.05, 4.69) is 0 Å². The van der Waals surface area contributed by atoms with Gasteiger partial charge in [-0.3, -0.25) is 0 Å². The minimum absolute atomic E-state index is 0.00198. The van der Waals surface area contributed by atoms with Crippen molar-refractivity contribution >= 4 is 0 Å². The number of allylic oxidation sites excluding steroid dienone is 1. The third kappa shape index (κ3) is 8.44. The lowest BCUT2D eigenvalue weighted by Crippen LogP contribution is -2.70. The summed E-state index contributed by atoms with van der Waals surface area (Å²) >= 11 is 0. The summed E-state index contributed by atoms with van der Waals surface area (Å²) in [6, 6.07) is 5.64. The first kappa shape index (κ1) is 37.8. The van der Waals surface area contributed by atoms with Gasteiger partial charge in [-0.2, -0.15) is 57.1 Å². The summed E-state index contributed by atoms with van der Waals surface area (Å²) in [6.07, 6.45) is -6.57. The Morgan fingerprint density at radius 1 is 0.762 bits per heavy atom. The molecule has 3 nitrogen and oxygen atoms in total. The van der Waals surface area contributed by atoms with E-state index >= 15 is 0 Å². The summed E-state index contributed by atoms with van der Waals surface area (Å²) < 4.78 is 182. The summed E-state index contributed by atoms with van der Waals surface area (Å²) in [4.78, 5) is 0. The first-order chi connectivity index (χ1) is 19.0. The van der Waals surface area contributed by atoms with Crippen molar-refractivity contribution in [3.05, 3.63) is 42.0 Å². The Labute approximate surface area is 233 Å². The third-order valence-electron chi connectivity index (χ3n) is 6.37. The summed E-state index contributed by atoms with van der Waals surface area (Å²) in [6.45, 7) is 5.01. The van der Waals surface area contributed by atoms with Gasteiger partial charge in [0, 0.05) is 13.0 Å². The Bertz CT molecular complexity index is 992. The van der Waals surface area contributed by atoms with Crippen LogP contribution >= 0.6 is 0 Å². The Morgan fingerprint density at radius 2 is 1.29 bits per heavy atom. The first-order valence-electron chi connectivity index (χ1n) is 12.5. The van der Waals surface area contributed by atoms with Crippen molar-refractivity contribution < 1.29 is 71.7 Å². The molecule has 0 aliphatic carbocycles. The minimum atomic E-state index is -7.90. The molecule has 0 amide bonds. The van der Waals surface area contributed by atoms with Crippen LogP contribution in [0.5, 0.6) is 5.75 Å². The fourth-order valence-electron chi connectivity index (χ4n) is 3.26. The highest BCUT2D eigenvalue weighted by molar-refractivity contribution is 5.27. The van der Waals surface area contributed by atoms with Gasteiger partial charge in [0.2, 0.25) is 0 Å².